The Hall–Kier alpha value is -3.15. The van der Waals surface area contributed by atoms with Crippen LogP contribution in [0, 0.1) is 23.6 Å². The van der Waals surface area contributed by atoms with Crippen molar-refractivity contribution in [2.24, 2.45) is 17.8 Å². The minimum absolute atomic E-state index is 0.0347. The minimum atomic E-state index is -4.59. The van der Waals surface area contributed by atoms with E-state index in [9.17, 15) is 31.9 Å². The van der Waals surface area contributed by atoms with E-state index in [1.807, 2.05) is 13.8 Å². The summed E-state index contributed by atoms with van der Waals surface area (Å²) in [5.41, 5.74) is 0.00395. The molecule has 212 valence electrons. The zero-order valence-electron chi connectivity index (χ0n) is 21.4. The van der Waals surface area contributed by atoms with Crippen molar-refractivity contribution in [1.82, 2.24) is 20.4 Å². The summed E-state index contributed by atoms with van der Waals surface area (Å²) in [7, 11) is 0. The van der Waals surface area contributed by atoms with Gasteiger partial charge in [-0.3, -0.25) is 19.1 Å². The summed E-state index contributed by atoms with van der Waals surface area (Å²) in [6.45, 7) is 2.23. The van der Waals surface area contributed by atoms with E-state index < -0.39 is 48.7 Å². The number of halogens is 5. The first-order valence-electron chi connectivity index (χ1n) is 12.8. The van der Waals surface area contributed by atoms with E-state index in [1.54, 1.807) is 16.1 Å². The Morgan fingerprint density at radius 3 is 2.33 bits per heavy atom. The summed E-state index contributed by atoms with van der Waals surface area (Å²) < 4.78 is 53.6. The maximum atomic E-state index is 15.0. The van der Waals surface area contributed by atoms with Crippen LogP contribution in [0.5, 0.6) is 0 Å². The van der Waals surface area contributed by atoms with E-state index in [4.69, 9.17) is 11.6 Å². The number of amides is 3. The molecule has 3 N–H and O–H groups in total. The highest BCUT2D eigenvalue weighted by Crippen LogP contribution is 2.51. The number of hydrogen-bond donors (Lipinski definition) is 3. The van der Waals surface area contributed by atoms with Gasteiger partial charge in [-0.15, -0.1) is 0 Å². The Labute approximate surface area is 227 Å². The largest absolute Gasteiger partial charge is 0.405 e. The summed E-state index contributed by atoms with van der Waals surface area (Å²) >= 11 is 6.18. The van der Waals surface area contributed by atoms with Crippen LogP contribution < -0.4 is 16.0 Å². The molecule has 1 atom stereocenters. The molecule has 1 unspecified atom stereocenters. The van der Waals surface area contributed by atoms with Gasteiger partial charge in [-0.2, -0.15) is 18.3 Å². The zero-order valence-corrected chi connectivity index (χ0v) is 22.2. The lowest BCUT2D eigenvalue weighted by Gasteiger charge is -2.28. The monoisotopic (exact) mass is 571 g/mol. The lowest BCUT2D eigenvalue weighted by Crippen LogP contribution is -2.50. The SMILES string of the molecule is CC(C)n1nccc1C(=O)NC(C(=O)Nc1cc(Cl)c(CC(=O)NCC(F)(F)F)cc1F)C(C1CC1)C1CC1. The highest BCUT2D eigenvalue weighted by Gasteiger charge is 2.48. The van der Waals surface area contributed by atoms with Gasteiger partial charge in [-0.25, -0.2) is 4.39 Å². The molecule has 3 amide bonds. The molecule has 0 spiro atoms. The number of nitrogens with zero attached hydrogens (tertiary/aromatic N) is 2. The van der Waals surface area contributed by atoms with Crippen molar-refractivity contribution in [2.45, 2.75) is 64.2 Å². The van der Waals surface area contributed by atoms with Gasteiger partial charge in [0.15, 0.2) is 0 Å². The topological polar surface area (TPSA) is 105 Å². The number of carbonyl (C=O) groups is 3. The van der Waals surface area contributed by atoms with Crippen molar-refractivity contribution in [3.63, 3.8) is 0 Å². The molecular formula is C26H30ClF4N5O3. The van der Waals surface area contributed by atoms with Gasteiger partial charge in [-0.1, -0.05) is 11.6 Å². The molecule has 4 rings (SSSR count). The van der Waals surface area contributed by atoms with Crippen LogP contribution >= 0.6 is 11.6 Å². The van der Waals surface area contributed by atoms with E-state index in [-0.39, 0.29) is 40.1 Å². The van der Waals surface area contributed by atoms with Crippen LogP contribution in [0.1, 0.15) is 61.6 Å². The first-order chi connectivity index (χ1) is 18.3. The van der Waals surface area contributed by atoms with Crippen LogP contribution in [0.4, 0.5) is 23.2 Å². The molecule has 2 aromatic rings. The van der Waals surface area contributed by atoms with Crippen molar-refractivity contribution in [3.8, 4) is 0 Å². The summed E-state index contributed by atoms with van der Waals surface area (Å²) in [5, 5.41) is 11.2. The maximum Gasteiger partial charge on any atom is 0.405 e. The van der Waals surface area contributed by atoms with E-state index in [0.29, 0.717) is 5.69 Å². The van der Waals surface area contributed by atoms with Gasteiger partial charge >= 0.3 is 6.18 Å². The number of rotatable bonds is 11. The Morgan fingerprint density at radius 1 is 1.13 bits per heavy atom. The van der Waals surface area contributed by atoms with E-state index in [2.05, 4.69) is 15.7 Å². The molecule has 1 heterocycles. The van der Waals surface area contributed by atoms with Crippen LogP contribution in [-0.4, -0.2) is 46.3 Å². The van der Waals surface area contributed by atoms with Crippen molar-refractivity contribution in [2.75, 3.05) is 11.9 Å². The molecule has 2 aliphatic carbocycles. The number of hydrogen-bond acceptors (Lipinski definition) is 4. The Morgan fingerprint density at radius 2 is 1.77 bits per heavy atom. The fourth-order valence-electron chi connectivity index (χ4n) is 4.81. The van der Waals surface area contributed by atoms with E-state index in [1.165, 1.54) is 6.20 Å². The number of carbonyl (C=O) groups excluding carboxylic acids is 3. The van der Waals surface area contributed by atoms with Crippen molar-refractivity contribution >= 4 is 35.0 Å². The Bertz CT molecular complexity index is 1230. The molecular weight excluding hydrogens is 542 g/mol. The number of aromatic nitrogens is 2. The second-order valence-corrected chi connectivity index (χ2v) is 10.8. The number of nitrogens with one attached hydrogen (secondary N) is 3. The van der Waals surface area contributed by atoms with E-state index in [0.717, 1.165) is 37.8 Å². The smallest absolute Gasteiger partial charge is 0.347 e. The average Bonchev–Trinajstić information content (AvgIpc) is 3.79. The van der Waals surface area contributed by atoms with Gasteiger partial charge in [-0.05, 0) is 81.0 Å². The predicted octanol–water partition coefficient (Wildman–Crippen LogP) is 4.65. The fourth-order valence-corrected chi connectivity index (χ4v) is 5.04. The number of anilines is 1. The van der Waals surface area contributed by atoms with Crippen molar-refractivity contribution in [1.29, 1.82) is 0 Å². The third kappa shape index (κ3) is 7.49. The highest BCUT2D eigenvalue weighted by molar-refractivity contribution is 6.32. The lowest BCUT2D eigenvalue weighted by atomic mass is 9.88. The van der Waals surface area contributed by atoms with Crippen molar-refractivity contribution in [3.05, 3.63) is 46.5 Å². The molecule has 2 saturated carbocycles. The highest BCUT2D eigenvalue weighted by atomic mass is 35.5. The maximum absolute atomic E-state index is 15.0. The standard InChI is InChI=1S/C26H30ClF4N5O3/c1-13(2)36-20(7-8-33-36)24(38)35-23(22(14-3-4-14)15-5-6-15)25(39)34-19-11-17(27)16(9-18(19)28)10-21(37)32-12-26(29,30)31/h7-9,11,13-15,22-23H,3-6,10,12H2,1-2H3,(H,32,37)(H,34,39)(H,35,38). The Kier molecular flexibility index (Phi) is 8.53. The molecule has 0 radical (unpaired) electrons. The molecule has 0 bridgehead atoms. The molecule has 0 aliphatic heterocycles. The van der Waals surface area contributed by atoms with Crippen LogP contribution in [0.2, 0.25) is 5.02 Å². The van der Waals surface area contributed by atoms with Crippen LogP contribution in [0.15, 0.2) is 24.4 Å². The zero-order chi connectivity index (χ0) is 28.5. The molecule has 2 aliphatic rings. The van der Waals surface area contributed by atoms with Gasteiger partial charge in [0.25, 0.3) is 5.91 Å². The quantitative estimate of drug-likeness (QED) is 0.341. The second-order valence-electron chi connectivity index (χ2n) is 10.4. The van der Waals surface area contributed by atoms with Crippen LogP contribution in [-0.2, 0) is 16.0 Å². The van der Waals surface area contributed by atoms with E-state index >= 15 is 0 Å². The molecule has 0 saturated heterocycles. The summed E-state index contributed by atoms with van der Waals surface area (Å²) in [6.07, 6.45) is 0.107. The van der Waals surface area contributed by atoms with Crippen LogP contribution in [0.25, 0.3) is 0 Å². The lowest BCUT2D eigenvalue weighted by molar-refractivity contribution is -0.138. The Balaban J connectivity index is 1.51. The predicted molar refractivity (Wildman–Crippen MR) is 136 cm³/mol. The molecule has 13 heteroatoms. The van der Waals surface area contributed by atoms with Gasteiger partial charge in [0.2, 0.25) is 11.8 Å². The summed E-state index contributed by atoms with van der Waals surface area (Å²) in [5.74, 6) is -2.53. The van der Waals surface area contributed by atoms with Gasteiger partial charge < -0.3 is 16.0 Å². The third-order valence-corrected chi connectivity index (χ3v) is 7.26. The molecule has 1 aromatic heterocycles. The van der Waals surface area contributed by atoms with Gasteiger partial charge in [0.1, 0.15) is 24.1 Å². The van der Waals surface area contributed by atoms with Crippen molar-refractivity contribution < 1.29 is 31.9 Å². The average molecular weight is 572 g/mol. The normalized spacial score (nSPS) is 16.3. The molecule has 8 nitrogen and oxygen atoms in total. The van der Waals surface area contributed by atoms with Crippen LogP contribution in [0.3, 0.4) is 0 Å². The third-order valence-electron chi connectivity index (χ3n) is 6.91. The number of benzene rings is 1. The molecule has 2 fully saturated rings. The number of alkyl halides is 3. The summed E-state index contributed by atoms with van der Waals surface area (Å²) in [4.78, 5) is 38.6. The molecule has 1 aromatic carbocycles. The first kappa shape index (κ1) is 28.8. The fraction of sp³-hybridized carbons (Fsp3) is 0.538. The molecule has 39 heavy (non-hydrogen) atoms. The first-order valence-corrected chi connectivity index (χ1v) is 13.2. The van der Waals surface area contributed by atoms with Gasteiger partial charge in [0.05, 0.1) is 12.1 Å². The second kappa shape index (κ2) is 11.5. The van der Waals surface area contributed by atoms with Gasteiger partial charge in [0, 0.05) is 17.3 Å². The summed E-state index contributed by atoms with van der Waals surface area (Å²) in [6, 6.07) is 2.56. The minimum Gasteiger partial charge on any atom is -0.347 e.